The molecule has 1 aromatic heterocycles. The normalized spacial score (nSPS) is 10.8. The zero-order valence-corrected chi connectivity index (χ0v) is 12.5. The van der Waals surface area contributed by atoms with Gasteiger partial charge in [-0.25, -0.2) is 4.98 Å². The lowest BCUT2D eigenvalue weighted by Gasteiger charge is -2.13. The Labute approximate surface area is 123 Å². The lowest BCUT2D eigenvalue weighted by Crippen LogP contribution is -2.15. The molecule has 6 heteroatoms. The van der Waals surface area contributed by atoms with Crippen molar-refractivity contribution < 1.29 is 4.74 Å². The second-order valence-corrected chi connectivity index (χ2v) is 4.90. The molecule has 0 spiro atoms. The van der Waals surface area contributed by atoms with Gasteiger partial charge in [-0.1, -0.05) is 30.7 Å². The minimum Gasteiger partial charge on any atom is -0.484 e. The summed E-state index contributed by atoms with van der Waals surface area (Å²) in [5, 5.41) is 7.98. The highest BCUT2D eigenvalue weighted by Crippen LogP contribution is 2.29. The monoisotopic (exact) mass is 294 g/mol. The minimum absolute atomic E-state index is 0.348. The van der Waals surface area contributed by atoms with Crippen LogP contribution in [0.4, 0.5) is 0 Å². The molecule has 0 saturated heterocycles. The van der Waals surface area contributed by atoms with E-state index in [0.29, 0.717) is 17.4 Å². The Morgan fingerprint density at radius 3 is 2.95 bits per heavy atom. The lowest BCUT2D eigenvalue weighted by molar-refractivity contribution is 0.286. The van der Waals surface area contributed by atoms with E-state index < -0.39 is 0 Å². The largest absolute Gasteiger partial charge is 0.484 e. The van der Waals surface area contributed by atoms with Gasteiger partial charge in [-0.3, -0.25) is 4.68 Å². The minimum atomic E-state index is 0.348. The van der Waals surface area contributed by atoms with Crippen LogP contribution in [-0.2, 0) is 20.2 Å². The maximum absolute atomic E-state index is 6.23. The van der Waals surface area contributed by atoms with Crippen molar-refractivity contribution in [3.8, 4) is 5.75 Å². The van der Waals surface area contributed by atoms with E-state index in [1.165, 1.54) is 6.33 Å². The number of para-hydroxylation sites is 1. The summed E-state index contributed by atoms with van der Waals surface area (Å²) in [6, 6.07) is 5.78. The Bertz CT molecular complexity index is 556. The molecule has 0 aliphatic rings. The first-order valence-corrected chi connectivity index (χ1v) is 7.04. The van der Waals surface area contributed by atoms with Crippen molar-refractivity contribution >= 4 is 11.6 Å². The first-order valence-electron chi connectivity index (χ1n) is 6.66. The van der Waals surface area contributed by atoms with E-state index >= 15 is 0 Å². The van der Waals surface area contributed by atoms with Crippen LogP contribution >= 0.6 is 11.6 Å². The molecule has 20 heavy (non-hydrogen) atoms. The number of hydrogen-bond acceptors (Lipinski definition) is 4. The Kier molecular flexibility index (Phi) is 5.38. The number of halogens is 1. The molecule has 0 aliphatic carbocycles. The number of hydrogen-bond donors (Lipinski definition) is 1. The fraction of sp³-hybridized carbons (Fsp3) is 0.429. The van der Waals surface area contributed by atoms with Crippen LogP contribution in [0, 0.1) is 0 Å². The van der Waals surface area contributed by atoms with Gasteiger partial charge in [-0.05, 0) is 19.0 Å². The molecule has 0 amide bonds. The van der Waals surface area contributed by atoms with Crippen LogP contribution in [0.5, 0.6) is 5.75 Å². The maximum Gasteiger partial charge on any atom is 0.164 e. The average Bonchev–Trinajstić information content (AvgIpc) is 2.84. The first-order chi connectivity index (χ1) is 9.72. The number of nitrogens with zero attached hydrogens (tertiary/aromatic N) is 3. The standard InChI is InChI=1S/C14H19ClN4O/c1-3-7-16-8-11-5-4-6-12(15)14(11)20-9-13-17-10-18-19(13)2/h4-6,10,16H,3,7-9H2,1-2H3. The molecule has 0 saturated carbocycles. The van der Waals surface area contributed by atoms with E-state index in [1.807, 2.05) is 25.2 Å². The number of nitrogens with one attached hydrogen (secondary N) is 1. The van der Waals surface area contributed by atoms with Gasteiger partial charge in [-0.2, -0.15) is 5.10 Å². The Morgan fingerprint density at radius 2 is 2.25 bits per heavy atom. The summed E-state index contributed by atoms with van der Waals surface area (Å²) in [6.07, 6.45) is 2.60. The quantitative estimate of drug-likeness (QED) is 0.797. The second kappa shape index (κ2) is 7.26. The first kappa shape index (κ1) is 14.8. The lowest BCUT2D eigenvalue weighted by atomic mass is 10.2. The molecule has 1 N–H and O–H groups in total. The summed E-state index contributed by atoms with van der Waals surface area (Å²) in [6.45, 7) is 4.19. The maximum atomic E-state index is 6.23. The third-order valence-corrected chi connectivity index (χ3v) is 3.24. The number of ether oxygens (including phenoxy) is 1. The third-order valence-electron chi connectivity index (χ3n) is 2.94. The molecule has 0 bridgehead atoms. The Balaban J connectivity index is 2.07. The predicted molar refractivity (Wildman–Crippen MR) is 78.8 cm³/mol. The zero-order valence-electron chi connectivity index (χ0n) is 11.8. The van der Waals surface area contributed by atoms with E-state index in [-0.39, 0.29) is 0 Å². The van der Waals surface area contributed by atoms with Gasteiger partial charge in [0.2, 0.25) is 0 Å². The zero-order chi connectivity index (χ0) is 14.4. The van der Waals surface area contributed by atoms with Crippen molar-refractivity contribution in [2.45, 2.75) is 26.5 Å². The molecule has 2 aromatic rings. The third kappa shape index (κ3) is 3.71. The molecular formula is C14H19ClN4O. The molecule has 0 fully saturated rings. The van der Waals surface area contributed by atoms with Gasteiger partial charge in [-0.15, -0.1) is 0 Å². The van der Waals surface area contributed by atoms with Gasteiger partial charge in [0, 0.05) is 19.2 Å². The summed E-state index contributed by atoms with van der Waals surface area (Å²) in [5.74, 6) is 1.47. The van der Waals surface area contributed by atoms with Crippen LogP contribution in [0.1, 0.15) is 24.7 Å². The average molecular weight is 295 g/mol. The summed E-state index contributed by atoms with van der Waals surface area (Å²) in [5.41, 5.74) is 1.05. The Hall–Kier alpha value is -1.59. The van der Waals surface area contributed by atoms with Crippen molar-refractivity contribution in [3.05, 3.63) is 40.9 Å². The molecule has 1 aromatic carbocycles. The fourth-order valence-electron chi connectivity index (χ4n) is 1.84. The molecule has 0 unspecified atom stereocenters. The number of benzene rings is 1. The van der Waals surface area contributed by atoms with E-state index in [1.54, 1.807) is 4.68 Å². The fourth-order valence-corrected chi connectivity index (χ4v) is 2.09. The van der Waals surface area contributed by atoms with Gasteiger partial charge in [0.15, 0.2) is 5.82 Å². The van der Waals surface area contributed by atoms with Crippen molar-refractivity contribution in [2.75, 3.05) is 6.54 Å². The van der Waals surface area contributed by atoms with Crippen LogP contribution in [0.25, 0.3) is 0 Å². The molecule has 5 nitrogen and oxygen atoms in total. The molecule has 108 valence electrons. The van der Waals surface area contributed by atoms with Gasteiger partial charge in [0.25, 0.3) is 0 Å². The van der Waals surface area contributed by atoms with Crippen molar-refractivity contribution in [2.24, 2.45) is 7.05 Å². The van der Waals surface area contributed by atoms with E-state index in [4.69, 9.17) is 16.3 Å². The SMILES string of the molecule is CCCNCc1cccc(Cl)c1OCc1ncnn1C. The molecule has 1 heterocycles. The topological polar surface area (TPSA) is 52.0 Å². The molecule has 0 atom stereocenters. The molecule has 0 radical (unpaired) electrons. The second-order valence-electron chi connectivity index (χ2n) is 4.49. The molecular weight excluding hydrogens is 276 g/mol. The van der Waals surface area contributed by atoms with Crippen LogP contribution in [0.3, 0.4) is 0 Å². The summed E-state index contributed by atoms with van der Waals surface area (Å²) < 4.78 is 7.51. The summed E-state index contributed by atoms with van der Waals surface area (Å²) in [7, 11) is 1.84. The van der Waals surface area contributed by atoms with Crippen molar-refractivity contribution in [3.63, 3.8) is 0 Å². The van der Waals surface area contributed by atoms with E-state index in [0.717, 1.165) is 30.9 Å². The smallest absolute Gasteiger partial charge is 0.164 e. The number of aromatic nitrogens is 3. The number of aryl methyl sites for hydroxylation is 1. The van der Waals surface area contributed by atoms with Gasteiger partial charge < -0.3 is 10.1 Å². The summed E-state index contributed by atoms with van der Waals surface area (Å²) in [4.78, 5) is 4.13. The van der Waals surface area contributed by atoms with Crippen LogP contribution in [0.2, 0.25) is 5.02 Å². The van der Waals surface area contributed by atoms with Crippen LogP contribution in [-0.4, -0.2) is 21.3 Å². The predicted octanol–water partition coefficient (Wildman–Crippen LogP) is 2.55. The highest BCUT2D eigenvalue weighted by molar-refractivity contribution is 6.32. The Morgan fingerprint density at radius 1 is 1.40 bits per heavy atom. The van der Waals surface area contributed by atoms with Gasteiger partial charge in [0.05, 0.1) is 5.02 Å². The molecule has 2 rings (SSSR count). The van der Waals surface area contributed by atoms with Gasteiger partial charge in [0.1, 0.15) is 18.7 Å². The van der Waals surface area contributed by atoms with Crippen molar-refractivity contribution in [1.29, 1.82) is 0 Å². The summed E-state index contributed by atoms with van der Waals surface area (Å²) >= 11 is 6.23. The van der Waals surface area contributed by atoms with Crippen LogP contribution in [0.15, 0.2) is 24.5 Å². The molecule has 0 aliphatic heterocycles. The highest BCUT2D eigenvalue weighted by atomic mass is 35.5. The van der Waals surface area contributed by atoms with Gasteiger partial charge >= 0.3 is 0 Å². The van der Waals surface area contributed by atoms with Crippen molar-refractivity contribution in [1.82, 2.24) is 20.1 Å². The van der Waals surface area contributed by atoms with E-state index in [2.05, 4.69) is 22.3 Å². The van der Waals surface area contributed by atoms with E-state index in [9.17, 15) is 0 Å². The number of rotatable bonds is 7. The van der Waals surface area contributed by atoms with Crippen LogP contribution < -0.4 is 10.1 Å². The highest BCUT2D eigenvalue weighted by Gasteiger charge is 2.10.